The van der Waals surface area contributed by atoms with Crippen LogP contribution < -0.4 is 5.56 Å². The first-order valence-corrected chi connectivity index (χ1v) is 10.2. The molecule has 4 nitrogen and oxygen atoms in total. The number of fused-ring (bicyclic) bond motifs is 2. The minimum Gasteiger partial charge on any atom is -0.287 e. The van der Waals surface area contributed by atoms with Crippen molar-refractivity contribution in [3.8, 4) is 0 Å². The highest BCUT2D eigenvalue weighted by molar-refractivity contribution is 7.98. The first-order valence-electron chi connectivity index (χ1n) is 8.83. The van der Waals surface area contributed by atoms with Crippen molar-refractivity contribution in [3.63, 3.8) is 0 Å². The predicted octanol–water partition coefficient (Wildman–Crippen LogP) is 5.30. The van der Waals surface area contributed by atoms with E-state index in [1.54, 1.807) is 10.8 Å². The first-order chi connectivity index (χ1) is 13.2. The molecule has 0 aliphatic heterocycles. The van der Waals surface area contributed by atoms with E-state index in [1.807, 2.05) is 48.5 Å². The number of hydrogen-bond donors (Lipinski definition) is 0. The fourth-order valence-electron chi connectivity index (χ4n) is 3.13. The predicted molar refractivity (Wildman–Crippen MR) is 113 cm³/mol. The SMILES string of the molecule is CCCn1c(SCc2c(Cl)ccc3cccnc23)nc2ccccc2c1=O. The molecule has 0 radical (unpaired) electrons. The lowest BCUT2D eigenvalue weighted by atomic mass is 10.1. The second-order valence-corrected chi connectivity index (χ2v) is 7.61. The minimum atomic E-state index is 0.00657. The number of aromatic nitrogens is 3. The molecule has 6 heteroatoms. The highest BCUT2D eigenvalue weighted by atomic mass is 35.5. The van der Waals surface area contributed by atoms with Gasteiger partial charge in [-0.2, -0.15) is 0 Å². The van der Waals surface area contributed by atoms with Crippen LogP contribution in [0.1, 0.15) is 18.9 Å². The Morgan fingerprint density at radius 1 is 1.11 bits per heavy atom. The van der Waals surface area contributed by atoms with Gasteiger partial charge in [-0.1, -0.05) is 54.6 Å². The van der Waals surface area contributed by atoms with Gasteiger partial charge in [0.25, 0.3) is 5.56 Å². The van der Waals surface area contributed by atoms with E-state index < -0.39 is 0 Å². The minimum absolute atomic E-state index is 0.00657. The Kier molecular flexibility index (Phi) is 5.14. The summed E-state index contributed by atoms with van der Waals surface area (Å²) in [5, 5.41) is 3.10. The molecule has 2 aromatic carbocycles. The summed E-state index contributed by atoms with van der Waals surface area (Å²) in [6.07, 6.45) is 2.64. The van der Waals surface area contributed by atoms with Crippen molar-refractivity contribution in [2.45, 2.75) is 30.8 Å². The summed E-state index contributed by atoms with van der Waals surface area (Å²) < 4.78 is 1.76. The standard InChI is InChI=1S/C21H18ClN3OS/c1-2-12-25-20(26)15-7-3-4-8-18(15)24-21(25)27-13-16-17(22)10-9-14-6-5-11-23-19(14)16/h3-11H,2,12-13H2,1H3. The van der Waals surface area contributed by atoms with Crippen molar-refractivity contribution in [1.29, 1.82) is 0 Å². The van der Waals surface area contributed by atoms with Crippen LogP contribution in [0.25, 0.3) is 21.8 Å². The molecule has 0 atom stereocenters. The Labute approximate surface area is 166 Å². The molecule has 4 aromatic rings. The van der Waals surface area contributed by atoms with Gasteiger partial charge in [0.2, 0.25) is 0 Å². The third-order valence-electron chi connectivity index (χ3n) is 4.44. The Balaban J connectivity index is 1.77. The van der Waals surface area contributed by atoms with Crippen molar-refractivity contribution in [1.82, 2.24) is 14.5 Å². The third-order valence-corrected chi connectivity index (χ3v) is 5.80. The van der Waals surface area contributed by atoms with Gasteiger partial charge in [0, 0.05) is 34.5 Å². The van der Waals surface area contributed by atoms with E-state index in [9.17, 15) is 4.79 Å². The maximum Gasteiger partial charge on any atom is 0.262 e. The molecule has 0 N–H and O–H groups in total. The summed E-state index contributed by atoms with van der Waals surface area (Å²) in [6, 6.07) is 15.3. The van der Waals surface area contributed by atoms with Crippen LogP contribution in [0.2, 0.25) is 5.02 Å². The molecule has 0 saturated heterocycles. The van der Waals surface area contributed by atoms with Crippen LogP contribution in [0.15, 0.2) is 64.7 Å². The number of thioether (sulfide) groups is 1. The largest absolute Gasteiger partial charge is 0.287 e. The summed E-state index contributed by atoms with van der Waals surface area (Å²) in [4.78, 5) is 22.1. The van der Waals surface area contributed by atoms with Gasteiger partial charge in [0.1, 0.15) is 0 Å². The number of benzene rings is 2. The van der Waals surface area contributed by atoms with Crippen LogP contribution in [-0.2, 0) is 12.3 Å². The van der Waals surface area contributed by atoms with Gasteiger partial charge in [-0.05, 0) is 30.7 Å². The number of halogens is 1. The van der Waals surface area contributed by atoms with Crippen molar-refractivity contribution in [2.75, 3.05) is 0 Å². The van der Waals surface area contributed by atoms with E-state index in [0.717, 1.165) is 28.4 Å². The average molecular weight is 396 g/mol. The van der Waals surface area contributed by atoms with E-state index in [0.29, 0.717) is 27.9 Å². The molecule has 2 heterocycles. The summed E-state index contributed by atoms with van der Waals surface area (Å²) >= 11 is 7.98. The smallest absolute Gasteiger partial charge is 0.262 e. The maximum absolute atomic E-state index is 12.9. The molecule has 0 aliphatic carbocycles. The van der Waals surface area contributed by atoms with Crippen LogP contribution in [-0.4, -0.2) is 14.5 Å². The van der Waals surface area contributed by atoms with Crippen molar-refractivity contribution >= 4 is 45.2 Å². The van der Waals surface area contributed by atoms with Crippen LogP contribution in [0.3, 0.4) is 0 Å². The molecule has 0 saturated carbocycles. The molecule has 0 aliphatic rings. The topological polar surface area (TPSA) is 47.8 Å². The zero-order valence-electron chi connectivity index (χ0n) is 14.9. The van der Waals surface area contributed by atoms with Crippen molar-refractivity contribution in [3.05, 3.63) is 75.7 Å². The molecule has 2 aromatic heterocycles. The van der Waals surface area contributed by atoms with Gasteiger partial charge in [0.15, 0.2) is 5.16 Å². The first kappa shape index (κ1) is 18.0. The van der Waals surface area contributed by atoms with Crippen LogP contribution in [0, 0.1) is 0 Å². The second-order valence-electron chi connectivity index (χ2n) is 6.26. The third kappa shape index (κ3) is 3.45. The summed E-state index contributed by atoms with van der Waals surface area (Å²) in [5.41, 5.74) is 2.58. The molecule has 136 valence electrons. The zero-order valence-corrected chi connectivity index (χ0v) is 16.4. The average Bonchev–Trinajstić information content (AvgIpc) is 2.70. The number of rotatable bonds is 5. The molecule has 0 fully saturated rings. The summed E-state index contributed by atoms with van der Waals surface area (Å²) in [7, 11) is 0. The molecular weight excluding hydrogens is 378 g/mol. The van der Waals surface area contributed by atoms with Gasteiger partial charge < -0.3 is 0 Å². The van der Waals surface area contributed by atoms with Crippen LogP contribution in [0.5, 0.6) is 0 Å². The van der Waals surface area contributed by atoms with Crippen LogP contribution >= 0.6 is 23.4 Å². The highest BCUT2D eigenvalue weighted by Gasteiger charge is 2.13. The zero-order chi connectivity index (χ0) is 18.8. The lowest BCUT2D eigenvalue weighted by Crippen LogP contribution is -2.23. The number of pyridine rings is 1. The summed E-state index contributed by atoms with van der Waals surface area (Å²) in [6.45, 7) is 2.70. The van der Waals surface area contributed by atoms with E-state index in [2.05, 4.69) is 11.9 Å². The van der Waals surface area contributed by atoms with Crippen molar-refractivity contribution in [2.24, 2.45) is 0 Å². The fraction of sp³-hybridized carbons (Fsp3) is 0.190. The van der Waals surface area contributed by atoms with E-state index in [4.69, 9.17) is 16.6 Å². The Hall–Kier alpha value is -2.37. The Bertz CT molecular complexity index is 1190. The molecule has 0 unspecified atom stereocenters. The lowest BCUT2D eigenvalue weighted by molar-refractivity contribution is 0.585. The van der Waals surface area contributed by atoms with Gasteiger partial charge >= 0.3 is 0 Å². The molecule has 27 heavy (non-hydrogen) atoms. The Morgan fingerprint density at radius 2 is 1.96 bits per heavy atom. The highest BCUT2D eigenvalue weighted by Crippen LogP contribution is 2.31. The van der Waals surface area contributed by atoms with Crippen molar-refractivity contribution < 1.29 is 0 Å². The summed E-state index contributed by atoms with van der Waals surface area (Å²) in [5.74, 6) is 0.599. The quantitative estimate of drug-likeness (QED) is 0.340. The maximum atomic E-state index is 12.9. The molecule has 0 bridgehead atoms. The molecule has 4 rings (SSSR count). The van der Waals surface area contributed by atoms with Gasteiger partial charge in [-0.3, -0.25) is 14.3 Å². The van der Waals surface area contributed by atoms with Gasteiger partial charge in [-0.15, -0.1) is 0 Å². The molecular formula is C21H18ClN3OS. The monoisotopic (exact) mass is 395 g/mol. The lowest BCUT2D eigenvalue weighted by Gasteiger charge is -2.13. The number of hydrogen-bond acceptors (Lipinski definition) is 4. The Morgan fingerprint density at radius 3 is 2.81 bits per heavy atom. The fourth-order valence-corrected chi connectivity index (χ4v) is 4.49. The molecule has 0 spiro atoms. The van der Waals surface area contributed by atoms with E-state index in [1.165, 1.54) is 11.8 Å². The van der Waals surface area contributed by atoms with E-state index >= 15 is 0 Å². The normalized spacial score (nSPS) is 11.3. The number of nitrogens with zero attached hydrogens (tertiary/aromatic N) is 3. The second kappa shape index (κ2) is 7.71. The van der Waals surface area contributed by atoms with Gasteiger partial charge in [0.05, 0.1) is 16.4 Å². The molecule has 0 amide bonds. The number of para-hydroxylation sites is 1. The van der Waals surface area contributed by atoms with Crippen LogP contribution in [0.4, 0.5) is 0 Å². The van der Waals surface area contributed by atoms with E-state index in [-0.39, 0.29) is 5.56 Å². The van der Waals surface area contributed by atoms with Gasteiger partial charge in [-0.25, -0.2) is 4.98 Å².